The van der Waals surface area contributed by atoms with Crippen LogP contribution in [0.4, 0.5) is 0 Å². The van der Waals surface area contributed by atoms with Crippen molar-refractivity contribution in [3.8, 4) is 11.5 Å². The highest BCUT2D eigenvalue weighted by atomic mass is 32.2. The highest BCUT2D eigenvalue weighted by Crippen LogP contribution is 2.36. The van der Waals surface area contributed by atoms with Crippen LogP contribution in [0.25, 0.3) is 6.08 Å². The average Bonchev–Trinajstić information content (AvgIpc) is 2.38. The SMILES string of the molecule is COC(OC)[C@@]1(C)C=Cc2cc(OS(C)(=O)=O)ccc2O1. The maximum Gasteiger partial charge on any atom is 0.306 e. The van der Waals surface area contributed by atoms with Gasteiger partial charge in [0.1, 0.15) is 11.5 Å². The normalized spacial score (nSPS) is 21.0. The Balaban J connectivity index is 2.29. The van der Waals surface area contributed by atoms with Crippen LogP contribution in [0.5, 0.6) is 11.5 Å². The van der Waals surface area contributed by atoms with Gasteiger partial charge in [0.05, 0.1) is 6.26 Å². The number of benzene rings is 1. The molecule has 2 rings (SSSR count). The van der Waals surface area contributed by atoms with E-state index in [0.717, 1.165) is 11.8 Å². The first-order valence-corrected chi connectivity index (χ1v) is 8.06. The minimum absolute atomic E-state index is 0.239. The first kappa shape index (κ1) is 15.8. The molecule has 0 amide bonds. The highest BCUT2D eigenvalue weighted by Gasteiger charge is 2.37. The van der Waals surface area contributed by atoms with Crippen molar-refractivity contribution in [2.24, 2.45) is 0 Å². The fraction of sp³-hybridized carbons (Fsp3) is 0.429. The summed E-state index contributed by atoms with van der Waals surface area (Å²) in [6.07, 6.45) is 4.06. The number of rotatable bonds is 5. The maximum absolute atomic E-state index is 11.1. The molecule has 0 aromatic heterocycles. The van der Waals surface area contributed by atoms with Gasteiger partial charge in [0.25, 0.3) is 0 Å². The molecular formula is C14H18O6S. The van der Waals surface area contributed by atoms with E-state index in [4.69, 9.17) is 18.4 Å². The molecule has 21 heavy (non-hydrogen) atoms. The zero-order chi connectivity index (χ0) is 15.7. The second kappa shape index (κ2) is 5.67. The van der Waals surface area contributed by atoms with E-state index in [1.807, 2.05) is 13.0 Å². The largest absolute Gasteiger partial charge is 0.478 e. The van der Waals surface area contributed by atoms with Gasteiger partial charge in [-0.1, -0.05) is 6.08 Å². The molecule has 1 aromatic carbocycles. The van der Waals surface area contributed by atoms with Gasteiger partial charge in [-0.3, -0.25) is 0 Å². The first-order valence-electron chi connectivity index (χ1n) is 6.25. The van der Waals surface area contributed by atoms with Gasteiger partial charge in [-0.15, -0.1) is 0 Å². The molecule has 0 fully saturated rings. The van der Waals surface area contributed by atoms with E-state index in [-0.39, 0.29) is 5.75 Å². The molecule has 1 heterocycles. The third-order valence-corrected chi connectivity index (χ3v) is 3.54. The van der Waals surface area contributed by atoms with Crippen LogP contribution in [-0.2, 0) is 19.6 Å². The molecule has 0 bridgehead atoms. The van der Waals surface area contributed by atoms with Crippen molar-refractivity contribution in [2.75, 3.05) is 20.5 Å². The number of ether oxygens (including phenoxy) is 3. The van der Waals surface area contributed by atoms with E-state index in [1.165, 1.54) is 20.3 Å². The second-order valence-corrected chi connectivity index (χ2v) is 6.48. The minimum Gasteiger partial charge on any atom is -0.478 e. The Hall–Kier alpha value is -1.57. The zero-order valence-corrected chi connectivity index (χ0v) is 13.1. The standard InChI is InChI=1S/C14H18O6S/c1-14(13(17-2)18-3)8-7-10-9-11(20-21(4,15)16)5-6-12(10)19-14/h5-9,13H,1-4H3/t14-/m1/s1. The summed E-state index contributed by atoms with van der Waals surface area (Å²) in [4.78, 5) is 0. The smallest absolute Gasteiger partial charge is 0.306 e. The van der Waals surface area contributed by atoms with Crippen molar-refractivity contribution in [3.63, 3.8) is 0 Å². The summed E-state index contributed by atoms with van der Waals surface area (Å²) in [6, 6.07) is 4.79. The van der Waals surface area contributed by atoms with E-state index in [1.54, 1.807) is 18.2 Å². The predicted molar refractivity (Wildman–Crippen MR) is 77.8 cm³/mol. The van der Waals surface area contributed by atoms with Crippen LogP contribution < -0.4 is 8.92 Å². The second-order valence-electron chi connectivity index (χ2n) is 4.91. The van der Waals surface area contributed by atoms with Crippen molar-refractivity contribution >= 4 is 16.2 Å². The molecule has 0 saturated carbocycles. The Kier molecular flexibility index (Phi) is 4.27. The summed E-state index contributed by atoms with van der Waals surface area (Å²) in [7, 11) is -0.479. The van der Waals surface area contributed by atoms with Crippen LogP contribution in [0.1, 0.15) is 12.5 Å². The lowest BCUT2D eigenvalue weighted by Crippen LogP contribution is -2.46. The molecule has 1 aliphatic rings. The van der Waals surface area contributed by atoms with E-state index in [0.29, 0.717) is 5.75 Å². The molecule has 0 saturated heterocycles. The van der Waals surface area contributed by atoms with Gasteiger partial charge in [-0.05, 0) is 31.2 Å². The topological polar surface area (TPSA) is 71.1 Å². The van der Waals surface area contributed by atoms with E-state index in [9.17, 15) is 8.42 Å². The summed E-state index contributed by atoms with van der Waals surface area (Å²) >= 11 is 0. The van der Waals surface area contributed by atoms with Crippen molar-refractivity contribution in [1.82, 2.24) is 0 Å². The summed E-state index contributed by atoms with van der Waals surface area (Å²) in [6.45, 7) is 1.84. The molecule has 0 aliphatic carbocycles. The Bertz CT molecular complexity index is 647. The maximum atomic E-state index is 11.1. The van der Waals surface area contributed by atoms with Crippen LogP contribution in [0.2, 0.25) is 0 Å². The molecule has 1 aliphatic heterocycles. The van der Waals surface area contributed by atoms with Crippen molar-refractivity contribution in [1.29, 1.82) is 0 Å². The fourth-order valence-electron chi connectivity index (χ4n) is 2.19. The quantitative estimate of drug-likeness (QED) is 0.610. The zero-order valence-electron chi connectivity index (χ0n) is 12.3. The summed E-state index contributed by atoms with van der Waals surface area (Å²) in [5.41, 5.74) is -0.0463. The van der Waals surface area contributed by atoms with E-state index >= 15 is 0 Å². The van der Waals surface area contributed by atoms with E-state index < -0.39 is 22.0 Å². The third kappa shape index (κ3) is 3.55. The Morgan fingerprint density at radius 2 is 1.90 bits per heavy atom. The van der Waals surface area contributed by atoms with Gasteiger partial charge in [-0.2, -0.15) is 8.42 Å². The number of methoxy groups -OCH3 is 2. The molecule has 6 nitrogen and oxygen atoms in total. The van der Waals surface area contributed by atoms with E-state index in [2.05, 4.69) is 0 Å². The monoisotopic (exact) mass is 314 g/mol. The molecule has 116 valence electrons. The number of fused-ring (bicyclic) bond motifs is 1. The fourth-order valence-corrected chi connectivity index (χ4v) is 2.65. The van der Waals surface area contributed by atoms with Crippen molar-refractivity contribution < 1.29 is 26.8 Å². The van der Waals surface area contributed by atoms with Crippen molar-refractivity contribution in [3.05, 3.63) is 29.8 Å². The van der Waals surface area contributed by atoms with Gasteiger partial charge in [-0.25, -0.2) is 0 Å². The van der Waals surface area contributed by atoms with Crippen LogP contribution in [0, 0.1) is 0 Å². The molecule has 0 radical (unpaired) electrons. The molecule has 0 N–H and O–H groups in total. The molecular weight excluding hydrogens is 296 g/mol. The molecule has 1 aromatic rings. The summed E-state index contributed by atoms with van der Waals surface area (Å²) in [5, 5.41) is 0. The number of hydrogen-bond donors (Lipinski definition) is 0. The molecule has 1 atom stereocenters. The Morgan fingerprint density at radius 1 is 1.24 bits per heavy atom. The Labute approximate surface area is 124 Å². The van der Waals surface area contributed by atoms with Crippen LogP contribution in [0.3, 0.4) is 0 Å². The lowest BCUT2D eigenvalue weighted by molar-refractivity contribution is -0.180. The van der Waals surface area contributed by atoms with Gasteiger partial charge < -0.3 is 18.4 Å². The highest BCUT2D eigenvalue weighted by molar-refractivity contribution is 7.86. The van der Waals surface area contributed by atoms with Crippen LogP contribution in [-0.4, -0.2) is 40.8 Å². The van der Waals surface area contributed by atoms with Gasteiger partial charge in [0.15, 0.2) is 5.60 Å². The average molecular weight is 314 g/mol. The summed E-state index contributed by atoms with van der Waals surface area (Å²) in [5.74, 6) is 0.836. The van der Waals surface area contributed by atoms with Gasteiger partial charge in [0.2, 0.25) is 6.29 Å². The van der Waals surface area contributed by atoms with Crippen molar-refractivity contribution in [2.45, 2.75) is 18.8 Å². The molecule has 0 spiro atoms. The van der Waals surface area contributed by atoms with Gasteiger partial charge >= 0.3 is 10.1 Å². The van der Waals surface area contributed by atoms with Gasteiger partial charge in [0, 0.05) is 19.8 Å². The Morgan fingerprint density at radius 3 is 2.48 bits per heavy atom. The predicted octanol–water partition coefficient (Wildman–Crippen LogP) is 1.81. The van der Waals surface area contributed by atoms with Crippen LogP contribution >= 0.6 is 0 Å². The molecule has 7 heteroatoms. The number of hydrogen-bond acceptors (Lipinski definition) is 6. The minimum atomic E-state index is -3.55. The first-order chi connectivity index (χ1) is 9.77. The lowest BCUT2D eigenvalue weighted by atomic mass is 9.99. The third-order valence-electron chi connectivity index (χ3n) is 3.05. The lowest BCUT2D eigenvalue weighted by Gasteiger charge is -2.36. The molecule has 0 unspecified atom stereocenters. The van der Waals surface area contributed by atoms with Crippen LogP contribution in [0.15, 0.2) is 24.3 Å². The summed E-state index contributed by atoms with van der Waals surface area (Å²) < 4.78 is 43.5.